The average molecular weight is 418 g/mol. The molecule has 1 aliphatic carbocycles. The van der Waals surface area contributed by atoms with Gasteiger partial charge in [0.1, 0.15) is 0 Å². The summed E-state index contributed by atoms with van der Waals surface area (Å²) in [5, 5.41) is 0. The van der Waals surface area contributed by atoms with Crippen molar-refractivity contribution < 1.29 is 9.59 Å². The molecule has 5 heteroatoms. The van der Waals surface area contributed by atoms with Crippen molar-refractivity contribution in [3.8, 4) is 0 Å². The molecule has 0 bridgehead atoms. The van der Waals surface area contributed by atoms with E-state index < -0.39 is 0 Å². The SMILES string of the molecule is O=C1c2ccccc2C(=O)N1CCCCN1CCN(C2CCCc3ccccc32)CC1. The van der Waals surface area contributed by atoms with E-state index in [1.54, 1.807) is 17.7 Å². The molecule has 2 aromatic rings. The molecule has 1 unspecified atom stereocenters. The van der Waals surface area contributed by atoms with Crippen molar-refractivity contribution in [2.24, 2.45) is 0 Å². The van der Waals surface area contributed by atoms with E-state index in [4.69, 9.17) is 0 Å². The van der Waals surface area contributed by atoms with Gasteiger partial charge in [0.05, 0.1) is 11.1 Å². The molecule has 0 aromatic heterocycles. The van der Waals surface area contributed by atoms with Crippen molar-refractivity contribution in [2.75, 3.05) is 39.3 Å². The minimum Gasteiger partial charge on any atom is -0.301 e. The lowest BCUT2D eigenvalue weighted by Gasteiger charge is -2.41. The summed E-state index contributed by atoms with van der Waals surface area (Å²) in [5.74, 6) is -0.274. The number of carbonyl (C=O) groups is 2. The van der Waals surface area contributed by atoms with Crippen molar-refractivity contribution >= 4 is 11.8 Å². The summed E-state index contributed by atoms with van der Waals surface area (Å²) < 4.78 is 0. The van der Waals surface area contributed by atoms with Gasteiger partial charge >= 0.3 is 0 Å². The number of hydrogen-bond donors (Lipinski definition) is 0. The summed E-state index contributed by atoms with van der Waals surface area (Å²) in [5.41, 5.74) is 4.18. The van der Waals surface area contributed by atoms with Crippen LogP contribution in [-0.4, -0.2) is 65.8 Å². The minimum absolute atomic E-state index is 0.137. The fourth-order valence-corrected chi connectivity index (χ4v) is 5.45. The average Bonchev–Trinajstić information content (AvgIpc) is 3.07. The van der Waals surface area contributed by atoms with Crippen LogP contribution >= 0.6 is 0 Å². The van der Waals surface area contributed by atoms with Crippen LogP contribution < -0.4 is 0 Å². The summed E-state index contributed by atoms with van der Waals surface area (Å²) in [6, 6.07) is 16.7. The number of benzene rings is 2. The molecule has 0 saturated carbocycles. The van der Waals surface area contributed by atoms with E-state index in [2.05, 4.69) is 34.1 Å². The van der Waals surface area contributed by atoms with Crippen molar-refractivity contribution in [2.45, 2.75) is 38.1 Å². The van der Waals surface area contributed by atoms with Gasteiger partial charge < -0.3 is 4.90 Å². The van der Waals surface area contributed by atoms with E-state index >= 15 is 0 Å². The van der Waals surface area contributed by atoms with E-state index in [1.165, 1.54) is 29.7 Å². The van der Waals surface area contributed by atoms with Crippen LogP contribution in [0.5, 0.6) is 0 Å². The Balaban J connectivity index is 1.07. The van der Waals surface area contributed by atoms with Crippen molar-refractivity contribution in [1.29, 1.82) is 0 Å². The molecule has 0 spiro atoms. The van der Waals surface area contributed by atoms with Gasteiger partial charge in [-0.05, 0) is 61.9 Å². The number of fused-ring (bicyclic) bond motifs is 2. The molecular weight excluding hydrogens is 386 g/mol. The number of carbonyl (C=O) groups excluding carboxylic acids is 2. The van der Waals surface area contributed by atoms with Gasteiger partial charge in [-0.25, -0.2) is 0 Å². The summed E-state index contributed by atoms with van der Waals surface area (Å²) in [6.45, 7) is 6.01. The number of nitrogens with zero attached hydrogens (tertiary/aromatic N) is 3. The Hall–Kier alpha value is -2.50. The molecule has 2 aliphatic heterocycles. The number of aryl methyl sites for hydroxylation is 1. The zero-order chi connectivity index (χ0) is 21.2. The number of amides is 2. The van der Waals surface area contributed by atoms with Crippen LogP contribution in [0.1, 0.15) is 63.6 Å². The topological polar surface area (TPSA) is 43.9 Å². The number of hydrogen-bond acceptors (Lipinski definition) is 4. The van der Waals surface area contributed by atoms with Crippen LogP contribution in [0.3, 0.4) is 0 Å². The molecule has 1 fully saturated rings. The largest absolute Gasteiger partial charge is 0.301 e. The molecule has 5 rings (SSSR count). The summed E-state index contributed by atoms with van der Waals surface area (Å²) >= 11 is 0. The minimum atomic E-state index is -0.137. The van der Waals surface area contributed by atoms with E-state index in [0.717, 1.165) is 45.6 Å². The first kappa shape index (κ1) is 20.4. The van der Waals surface area contributed by atoms with Gasteiger partial charge in [-0.15, -0.1) is 0 Å². The lowest BCUT2D eigenvalue weighted by molar-refractivity contribution is 0.0645. The first-order valence-corrected chi connectivity index (χ1v) is 11.7. The Labute approximate surface area is 184 Å². The molecule has 2 amide bonds. The molecule has 162 valence electrons. The second kappa shape index (κ2) is 8.93. The first-order chi connectivity index (χ1) is 15.2. The molecule has 31 heavy (non-hydrogen) atoms. The van der Waals surface area contributed by atoms with E-state index in [9.17, 15) is 9.59 Å². The summed E-state index contributed by atoms with van der Waals surface area (Å²) in [6.07, 6.45) is 5.66. The maximum atomic E-state index is 12.5. The van der Waals surface area contributed by atoms with Gasteiger partial charge in [0, 0.05) is 38.8 Å². The van der Waals surface area contributed by atoms with Crippen LogP contribution in [0.25, 0.3) is 0 Å². The number of imide groups is 1. The quantitative estimate of drug-likeness (QED) is 0.530. The highest BCUT2D eigenvalue weighted by Gasteiger charge is 2.34. The Bertz CT molecular complexity index is 930. The summed E-state index contributed by atoms with van der Waals surface area (Å²) in [4.78, 5) is 31.6. The molecule has 1 atom stereocenters. The van der Waals surface area contributed by atoms with Gasteiger partial charge in [-0.1, -0.05) is 36.4 Å². The van der Waals surface area contributed by atoms with Crippen LogP contribution in [-0.2, 0) is 6.42 Å². The lowest BCUT2D eigenvalue weighted by Crippen LogP contribution is -2.48. The Morgan fingerprint density at radius 3 is 2.16 bits per heavy atom. The Morgan fingerprint density at radius 2 is 1.42 bits per heavy atom. The highest BCUT2D eigenvalue weighted by atomic mass is 16.2. The van der Waals surface area contributed by atoms with Gasteiger partial charge in [0.25, 0.3) is 11.8 Å². The van der Waals surface area contributed by atoms with Crippen LogP contribution in [0, 0.1) is 0 Å². The third-order valence-corrected chi connectivity index (χ3v) is 7.17. The Kier molecular flexibility index (Phi) is 5.88. The highest BCUT2D eigenvalue weighted by Crippen LogP contribution is 2.34. The summed E-state index contributed by atoms with van der Waals surface area (Å²) in [7, 11) is 0. The van der Waals surface area contributed by atoms with E-state index in [-0.39, 0.29) is 11.8 Å². The Morgan fingerprint density at radius 1 is 0.774 bits per heavy atom. The zero-order valence-electron chi connectivity index (χ0n) is 18.1. The van der Waals surface area contributed by atoms with E-state index in [1.807, 2.05) is 12.1 Å². The van der Waals surface area contributed by atoms with E-state index in [0.29, 0.717) is 23.7 Å². The molecule has 1 saturated heterocycles. The molecule has 0 N–H and O–H groups in total. The third kappa shape index (κ3) is 4.04. The predicted octanol–water partition coefficient (Wildman–Crippen LogP) is 3.76. The highest BCUT2D eigenvalue weighted by molar-refractivity contribution is 6.21. The smallest absolute Gasteiger partial charge is 0.261 e. The van der Waals surface area contributed by atoms with Crippen molar-refractivity contribution in [3.63, 3.8) is 0 Å². The fraction of sp³-hybridized carbons (Fsp3) is 0.462. The second-order valence-corrected chi connectivity index (χ2v) is 9.00. The second-order valence-electron chi connectivity index (χ2n) is 9.00. The molecule has 5 nitrogen and oxygen atoms in total. The first-order valence-electron chi connectivity index (χ1n) is 11.7. The third-order valence-electron chi connectivity index (χ3n) is 7.17. The monoisotopic (exact) mass is 417 g/mol. The standard InChI is InChI=1S/C26H31N3O2/c30-25-22-11-3-4-12-23(22)26(31)29(25)15-6-5-14-27-16-18-28(19-17-27)24-13-7-9-20-8-1-2-10-21(20)24/h1-4,8,10-12,24H,5-7,9,13-19H2. The van der Waals surface area contributed by atoms with Crippen molar-refractivity contribution in [3.05, 3.63) is 70.8 Å². The van der Waals surface area contributed by atoms with Crippen LogP contribution in [0.15, 0.2) is 48.5 Å². The maximum absolute atomic E-state index is 12.5. The van der Waals surface area contributed by atoms with Gasteiger partial charge in [0.2, 0.25) is 0 Å². The van der Waals surface area contributed by atoms with Gasteiger partial charge in [-0.2, -0.15) is 0 Å². The molecule has 0 radical (unpaired) electrons. The predicted molar refractivity (Wildman–Crippen MR) is 121 cm³/mol. The van der Waals surface area contributed by atoms with Crippen molar-refractivity contribution in [1.82, 2.24) is 14.7 Å². The molecule has 2 aromatic carbocycles. The number of piperazine rings is 1. The van der Waals surface area contributed by atoms with Gasteiger partial charge in [-0.3, -0.25) is 19.4 Å². The molecule has 2 heterocycles. The number of unbranched alkanes of at least 4 members (excludes halogenated alkanes) is 1. The lowest BCUT2D eigenvalue weighted by atomic mass is 9.86. The molecular formula is C26H31N3O2. The fourth-order valence-electron chi connectivity index (χ4n) is 5.45. The van der Waals surface area contributed by atoms with Crippen LogP contribution in [0.2, 0.25) is 0 Å². The zero-order valence-corrected chi connectivity index (χ0v) is 18.1. The maximum Gasteiger partial charge on any atom is 0.261 e. The van der Waals surface area contributed by atoms with Gasteiger partial charge in [0.15, 0.2) is 0 Å². The molecule has 3 aliphatic rings. The van der Waals surface area contributed by atoms with Crippen LogP contribution in [0.4, 0.5) is 0 Å². The number of rotatable bonds is 6. The normalized spacial score (nSPS) is 21.9.